The number of allylic oxidation sites excluding steroid dienone is 1. The topological polar surface area (TPSA) is 72.8 Å². The number of methoxy groups -OCH3 is 1. The quantitative estimate of drug-likeness (QED) is 0.593. The van der Waals surface area contributed by atoms with Crippen LogP contribution in [0.4, 0.5) is 0 Å². The summed E-state index contributed by atoms with van der Waals surface area (Å²) < 4.78 is 11.0. The average Bonchev–Trinajstić information content (AvgIpc) is 2.86. The Hall–Kier alpha value is -1.20. The number of hydrogen-bond acceptors (Lipinski definition) is 5. The summed E-state index contributed by atoms with van der Waals surface area (Å²) in [6.07, 6.45) is 7.49. The minimum absolute atomic E-state index is 0.0245. The number of aliphatic hydroxyl groups is 1. The molecule has 150 valence electrons. The lowest BCUT2D eigenvalue weighted by molar-refractivity contribution is -0.171. The molecule has 0 heterocycles. The van der Waals surface area contributed by atoms with Crippen LogP contribution in [0.3, 0.4) is 0 Å². The van der Waals surface area contributed by atoms with Crippen molar-refractivity contribution >= 4 is 11.8 Å². The molecule has 3 saturated carbocycles. The van der Waals surface area contributed by atoms with Crippen LogP contribution in [0.15, 0.2) is 12.2 Å². The zero-order valence-electron chi connectivity index (χ0n) is 16.8. The molecule has 0 radical (unpaired) electrons. The Kier molecular flexibility index (Phi) is 4.54. The first kappa shape index (κ1) is 19.1. The molecule has 0 spiro atoms. The first-order chi connectivity index (χ1) is 12.7. The highest BCUT2D eigenvalue weighted by Gasteiger charge is 2.65. The van der Waals surface area contributed by atoms with Crippen molar-refractivity contribution in [1.29, 1.82) is 0 Å². The Labute approximate surface area is 161 Å². The van der Waals surface area contributed by atoms with E-state index in [1.807, 2.05) is 0 Å². The molecule has 5 heteroatoms. The van der Waals surface area contributed by atoms with Gasteiger partial charge in [0, 0.05) is 25.9 Å². The molecule has 0 aliphatic heterocycles. The molecule has 0 aromatic rings. The summed E-state index contributed by atoms with van der Waals surface area (Å²) in [5.74, 6) is 0.537. The van der Waals surface area contributed by atoms with E-state index in [4.69, 9.17) is 9.47 Å². The van der Waals surface area contributed by atoms with Crippen molar-refractivity contribution in [1.82, 2.24) is 0 Å². The Bertz CT molecular complexity index is 672. The summed E-state index contributed by atoms with van der Waals surface area (Å²) in [6, 6.07) is 0. The second-order valence-corrected chi connectivity index (χ2v) is 9.73. The first-order valence-corrected chi connectivity index (χ1v) is 10.3. The van der Waals surface area contributed by atoms with E-state index >= 15 is 0 Å². The largest absolute Gasteiger partial charge is 0.454 e. The van der Waals surface area contributed by atoms with E-state index < -0.39 is 18.2 Å². The molecule has 4 aliphatic carbocycles. The molecule has 1 N–H and O–H groups in total. The Balaban J connectivity index is 1.67. The third-order valence-electron chi connectivity index (χ3n) is 8.51. The van der Waals surface area contributed by atoms with Gasteiger partial charge in [-0.3, -0.25) is 9.59 Å². The fourth-order valence-corrected chi connectivity index (χ4v) is 7.04. The van der Waals surface area contributed by atoms with Crippen molar-refractivity contribution < 1.29 is 24.2 Å². The lowest BCUT2D eigenvalue weighted by Crippen LogP contribution is -2.58. The maximum absolute atomic E-state index is 12.7. The molecule has 0 amide bonds. The smallest absolute Gasteiger partial charge is 0.303 e. The second kappa shape index (κ2) is 6.41. The molecular weight excluding hydrogens is 344 g/mol. The predicted octanol–water partition coefficient (Wildman–Crippen LogP) is 2.90. The van der Waals surface area contributed by atoms with Gasteiger partial charge in [-0.15, -0.1) is 0 Å². The van der Waals surface area contributed by atoms with E-state index in [0.29, 0.717) is 18.3 Å². The number of fused-ring (bicyclic) bond motifs is 5. The monoisotopic (exact) mass is 376 g/mol. The molecular formula is C22H32O5. The molecule has 9 atom stereocenters. The molecule has 3 fully saturated rings. The molecule has 6 unspecified atom stereocenters. The number of rotatable bonds is 2. The predicted molar refractivity (Wildman–Crippen MR) is 99.8 cm³/mol. The lowest BCUT2D eigenvalue weighted by Gasteiger charge is -2.60. The number of aliphatic hydroxyl groups excluding tert-OH is 1. The van der Waals surface area contributed by atoms with Crippen LogP contribution in [-0.2, 0) is 19.1 Å². The number of ketones is 1. The van der Waals surface area contributed by atoms with Crippen molar-refractivity contribution in [2.45, 2.75) is 71.2 Å². The summed E-state index contributed by atoms with van der Waals surface area (Å²) in [4.78, 5) is 24.3. The van der Waals surface area contributed by atoms with Gasteiger partial charge in [0.2, 0.25) is 0 Å². The third kappa shape index (κ3) is 2.72. The summed E-state index contributed by atoms with van der Waals surface area (Å²) in [5.41, 5.74) is -0.329. The van der Waals surface area contributed by atoms with E-state index in [1.165, 1.54) is 6.92 Å². The Morgan fingerprint density at radius 3 is 2.67 bits per heavy atom. The second-order valence-electron chi connectivity index (χ2n) is 9.73. The minimum Gasteiger partial charge on any atom is -0.454 e. The highest BCUT2D eigenvalue weighted by molar-refractivity contribution is 5.89. The van der Waals surface area contributed by atoms with Crippen LogP contribution in [0.25, 0.3) is 0 Å². The highest BCUT2D eigenvalue weighted by Crippen LogP contribution is 2.65. The molecule has 4 aliphatic rings. The van der Waals surface area contributed by atoms with Gasteiger partial charge < -0.3 is 14.6 Å². The number of carbonyl (C=O) groups excluding carboxylic acids is 2. The van der Waals surface area contributed by atoms with E-state index in [-0.39, 0.29) is 34.6 Å². The highest BCUT2D eigenvalue weighted by atomic mass is 16.5. The third-order valence-corrected chi connectivity index (χ3v) is 8.51. The zero-order valence-corrected chi connectivity index (χ0v) is 16.8. The van der Waals surface area contributed by atoms with E-state index in [1.54, 1.807) is 7.11 Å². The molecule has 0 aromatic heterocycles. The van der Waals surface area contributed by atoms with Gasteiger partial charge in [-0.1, -0.05) is 26.0 Å². The fraction of sp³-hybridized carbons (Fsp3) is 0.818. The summed E-state index contributed by atoms with van der Waals surface area (Å²) in [6.45, 7) is 5.79. The number of hydrogen-bond donors (Lipinski definition) is 1. The van der Waals surface area contributed by atoms with Gasteiger partial charge >= 0.3 is 5.97 Å². The normalized spacial score (nSPS) is 51.3. The molecule has 27 heavy (non-hydrogen) atoms. The molecule has 0 saturated heterocycles. The Morgan fingerprint density at radius 1 is 1.26 bits per heavy atom. The van der Waals surface area contributed by atoms with E-state index in [2.05, 4.69) is 26.0 Å². The zero-order chi connectivity index (χ0) is 19.6. The minimum atomic E-state index is -0.654. The lowest BCUT2D eigenvalue weighted by atomic mass is 9.45. The molecule has 4 rings (SSSR count). The summed E-state index contributed by atoms with van der Waals surface area (Å²) >= 11 is 0. The summed E-state index contributed by atoms with van der Waals surface area (Å²) in [5, 5.41) is 11.1. The maximum atomic E-state index is 12.7. The summed E-state index contributed by atoms with van der Waals surface area (Å²) in [7, 11) is 1.74. The van der Waals surface area contributed by atoms with Crippen molar-refractivity contribution in [2.24, 2.45) is 34.5 Å². The van der Waals surface area contributed by atoms with Gasteiger partial charge in [-0.2, -0.15) is 0 Å². The Morgan fingerprint density at radius 2 is 2.00 bits per heavy atom. The van der Waals surface area contributed by atoms with Crippen LogP contribution in [0.1, 0.15) is 52.9 Å². The van der Waals surface area contributed by atoms with Gasteiger partial charge in [0.05, 0.1) is 12.2 Å². The van der Waals surface area contributed by atoms with Gasteiger partial charge in [-0.25, -0.2) is 0 Å². The first-order valence-electron chi connectivity index (χ1n) is 10.3. The van der Waals surface area contributed by atoms with Crippen LogP contribution in [0.2, 0.25) is 0 Å². The molecule has 0 aromatic carbocycles. The van der Waals surface area contributed by atoms with Gasteiger partial charge in [0.25, 0.3) is 0 Å². The maximum Gasteiger partial charge on any atom is 0.303 e. The standard InChI is InChI=1S/C22H32O5/c1-12(23)27-20-18(25)11-16-19-15(6-8-22(16,20)3)21(2)7-5-14(26-4)9-13(21)10-17(19)24/h5,7,13-17,19-20,24H,6,8-11H2,1-4H3/t13?,14-,15?,16?,17?,19?,20?,21-,22-/m0/s1. The SMILES string of the molecule is CO[C@H]1C=C[C@@]2(C)C(CC(O)C3C2CC[C@]2(C)C(OC(C)=O)C(=O)CC32)C1. The van der Waals surface area contributed by atoms with Crippen LogP contribution in [0.5, 0.6) is 0 Å². The average molecular weight is 376 g/mol. The van der Waals surface area contributed by atoms with Crippen molar-refractivity contribution in [2.75, 3.05) is 7.11 Å². The van der Waals surface area contributed by atoms with Gasteiger partial charge in [-0.05, 0) is 54.8 Å². The number of carbonyl (C=O) groups is 2. The number of esters is 1. The van der Waals surface area contributed by atoms with E-state index in [9.17, 15) is 14.7 Å². The van der Waals surface area contributed by atoms with Gasteiger partial charge in [0.1, 0.15) is 0 Å². The van der Waals surface area contributed by atoms with Crippen molar-refractivity contribution in [3.63, 3.8) is 0 Å². The fourth-order valence-electron chi connectivity index (χ4n) is 7.04. The van der Waals surface area contributed by atoms with Crippen LogP contribution in [-0.4, -0.2) is 42.3 Å². The van der Waals surface area contributed by atoms with Crippen LogP contribution < -0.4 is 0 Å². The van der Waals surface area contributed by atoms with E-state index in [0.717, 1.165) is 25.7 Å². The molecule has 0 bridgehead atoms. The number of ether oxygens (including phenoxy) is 2. The number of Topliss-reactive ketones (excluding diaryl/α,β-unsaturated/α-hetero) is 1. The van der Waals surface area contributed by atoms with Crippen molar-refractivity contribution in [3.8, 4) is 0 Å². The van der Waals surface area contributed by atoms with Gasteiger partial charge in [0.15, 0.2) is 11.9 Å². The molecule has 5 nitrogen and oxygen atoms in total. The van der Waals surface area contributed by atoms with Crippen molar-refractivity contribution in [3.05, 3.63) is 12.2 Å². The van der Waals surface area contributed by atoms with Crippen LogP contribution in [0, 0.1) is 34.5 Å². The van der Waals surface area contributed by atoms with Crippen LogP contribution >= 0.6 is 0 Å².